The van der Waals surface area contributed by atoms with E-state index in [1.807, 2.05) is 18.2 Å². The number of amides is 1. The van der Waals surface area contributed by atoms with Crippen LogP contribution < -0.4 is 19.9 Å². The first-order valence-electron chi connectivity index (χ1n) is 11.7. The Morgan fingerprint density at radius 1 is 1.11 bits per heavy atom. The zero-order valence-electron chi connectivity index (χ0n) is 19.8. The predicted molar refractivity (Wildman–Crippen MR) is 136 cm³/mol. The number of carbonyl (C=O) groups is 1. The monoisotopic (exact) mass is 483 g/mol. The van der Waals surface area contributed by atoms with Gasteiger partial charge >= 0.3 is 0 Å². The molecule has 0 aromatic heterocycles. The standard InChI is InChI=1S/C27H25N5O4/c1-36-22-7-4-6-20(15-22)29-27(33)23-14-19-13-21(32(34)35)9-10-25(19)31-12-11-30(17-26(23)31)24-8-3-2-5-18(24)16-28/h2-10,13,15,23,26H,11-12,14,17H2,1H3,(H,29,33). The van der Waals surface area contributed by atoms with E-state index in [1.54, 1.807) is 49.6 Å². The summed E-state index contributed by atoms with van der Waals surface area (Å²) in [4.78, 5) is 29.0. The summed E-state index contributed by atoms with van der Waals surface area (Å²) >= 11 is 0. The van der Waals surface area contributed by atoms with Gasteiger partial charge in [0, 0.05) is 49.2 Å². The van der Waals surface area contributed by atoms with Crippen LogP contribution in [-0.4, -0.2) is 43.6 Å². The van der Waals surface area contributed by atoms with E-state index < -0.39 is 10.8 Å². The second-order valence-corrected chi connectivity index (χ2v) is 8.94. The molecule has 1 amide bonds. The molecule has 5 rings (SSSR count). The summed E-state index contributed by atoms with van der Waals surface area (Å²) in [5.41, 5.74) is 3.79. The van der Waals surface area contributed by atoms with Crippen LogP contribution in [0.15, 0.2) is 66.7 Å². The van der Waals surface area contributed by atoms with Gasteiger partial charge in [-0.2, -0.15) is 5.26 Å². The smallest absolute Gasteiger partial charge is 0.269 e. The number of nitrogens with one attached hydrogen (secondary N) is 1. The van der Waals surface area contributed by atoms with Gasteiger partial charge in [0.2, 0.25) is 5.91 Å². The minimum Gasteiger partial charge on any atom is -0.497 e. The Bertz CT molecular complexity index is 1370. The number of benzene rings is 3. The Morgan fingerprint density at radius 3 is 2.72 bits per heavy atom. The fraction of sp³-hybridized carbons (Fsp3) is 0.259. The number of nitriles is 1. The molecule has 2 aliphatic rings. The van der Waals surface area contributed by atoms with E-state index in [0.29, 0.717) is 43.1 Å². The highest BCUT2D eigenvalue weighted by Gasteiger charge is 2.42. The maximum Gasteiger partial charge on any atom is 0.269 e. The SMILES string of the molecule is COc1cccc(NC(=O)C2Cc3cc([N+](=O)[O-])ccc3N3CCN(c4ccccc4C#N)CC23)c1. The van der Waals surface area contributed by atoms with Crippen molar-refractivity contribution in [3.05, 3.63) is 88.0 Å². The number of nitro groups is 1. The highest BCUT2D eigenvalue weighted by Crippen LogP contribution is 2.39. The number of anilines is 3. The minimum absolute atomic E-state index is 0.0146. The number of ether oxygens (including phenoxy) is 1. The van der Waals surface area contributed by atoms with Gasteiger partial charge in [0.25, 0.3) is 5.69 Å². The zero-order valence-corrected chi connectivity index (χ0v) is 19.8. The first kappa shape index (κ1) is 23.2. The molecule has 1 saturated heterocycles. The number of nitrogens with zero attached hydrogens (tertiary/aromatic N) is 4. The van der Waals surface area contributed by atoms with Crippen molar-refractivity contribution in [2.45, 2.75) is 12.5 Å². The van der Waals surface area contributed by atoms with E-state index in [0.717, 1.165) is 16.9 Å². The zero-order chi connectivity index (χ0) is 25.2. The van der Waals surface area contributed by atoms with E-state index in [-0.39, 0.29) is 17.6 Å². The van der Waals surface area contributed by atoms with E-state index in [9.17, 15) is 20.2 Å². The van der Waals surface area contributed by atoms with Crippen LogP contribution >= 0.6 is 0 Å². The number of hydrogen-bond donors (Lipinski definition) is 1. The van der Waals surface area contributed by atoms with Gasteiger partial charge in [0.05, 0.1) is 35.2 Å². The third-order valence-corrected chi connectivity index (χ3v) is 6.95. The summed E-state index contributed by atoms with van der Waals surface area (Å²) in [6, 6.07) is 21.6. The van der Waals surface area contributed by atoms with Crippen molar-refractivity contribution in [1.82, 2.24) is 0 Å². The Balaban J connectivity index is 1.50. The third kappa shape index (κ3) is 4.29. The molecule has 3 aromatic carbocycles. The topological polar surface area (TPSA) is 112 Å². The molecule has 0 spiro atoms. The van der Waals surface area contributed by atoms with Crippen LogP contribution in [0.1, 0.15) is 11.1 Å². The van der Waals surface area contributed by atoms with Gasteiger partial charge < -0.3 is 19.9 Å². The van der Waals surface area contributed by atoms with E-state index >= 15 is 0 Å². The molecule has 1 fully saturated rings. The minimum atomic E-state index is -0.456. The Hall–Kier alpha value is -4.58. The van der Waals surface area contributed by atoms with Crippen molar-refractivity contribution in [3.8, 4) is 11.8 Å². The van der Waals surface area contributed by atoms with Crippen LogP contribution in [0.3, 0.4) is 0 Å². The van der Waals surface area contributed by atoms with E-state index in [1.165, 1.54) is 6.07 Å². The average Bonchev–Trinajstić information content (AvgIpc) is 2.91. The van der Waals surface area contributed by atoms with E-state index in [2.05, 4.69) is 21.2 Å². The van der Waals surface area contributed by atoms with Crippen molar-refractivity contribution in [2.24, 2.45) is 5.92 Å². The Kier molecular flexibility index (Phi) is 6.17. The molecule has 9 nitrogen and oxygen atoms in total. The lowest BCUT2D eigenvalue weighted by Gasteiger charge is -2.49. The summed E-state index contributed by atoms with van der Waals surface area (Å²) in [5, 5.41) is 24.0. The van der Waals surface area contributed by atoms with Crippen molar-refractivity contribution in [1.29, 1.82) is 5.26 Å². The molecule has 2 aliphatic heterocycles. The molecule has 9 heteroatoms. The van der Waals surface area contributed by atoms with Crippen LogP contribution in [0, 0.1) is 27.4 Å². The number of rotatable bonds is 5. The van der Waals surface area contributed by atoms with Crippen molar-refractivity contribution in [3.63, 3.8) is 0 Å². The normalized spacial score (nSPS) is 18.4. The van der Waals surface area contributed by atoms with Crippen LogP contribution in [0.5, 0.6) is 5.75 Å². The predicted octanol–water partition coefficient (Wildman–Crippen LogP) is 3.98. The summed E-state index contributed by atoms with van der Waals surface area (Å²) in [6.45, 7) is 1.83. The molecule has 2 heterocycles. The van der Waals surface area contributed by atoms with Gasteiger partial charge in [-0.05, 0) is 42.3 Å². The van der Waals surface area contributed by atoms with E-state index in [4.69, 9.17) is 4.74 Å². The van der Waals surface area contributed by atoms with Gasteiger partial charge in [-0.1, -0.05) is 18.2 Å². The maximum absolute atomic E-state index is 13.6. The molecule has 3 aromatic rings. The van der Waals surface area contributed by atoms with Crippen molar-refractivity contribution >= 4 is 28.7 Å². The number of para-hydroxylation sites is 1. The molecular formula is C27H25N5O4. The largest absolute Gasteiger partial charge is 0.497 e. The number of hydrogen-bond acceptors (Lipinski definition) is 7. The second kappa shape index (κ2) is 9.58. The van der Waals surface area contributed by atoms with Crippen LogP contribution in [0.25, 0.3) is 0 Å². The molecule has 182 valence electrons. The average molecular weight is 484 g/mol. The quantitative estimate of drug-likeness (QED) is 0.431. The molecule has 0 saturated carbocycles. The lowest BCUT2D eigenvalue weighted by molar-refractivity contribution is -0.384. The number of carbonyl (C=O) groups excluding carboxylic acids is 1. The van der Waals surface area contributed by atoms with Crippen molar-refractivity contribution in [2.75, 3.05) is 41.9 Å². The fourth-order valence-electron chi connectivity index (χ4n) is 5.22. The Morgan fingerprint density at radius 2 is 1.94 bits per heavy atom. The second-order valence-electron chi connectivity index (χ2n) is 8.94. The first-order valence-corrected chi connectivity index (χ1v) is 11.7. The molecule has 2 atom stereocenters. The van der Waals surface area contributed by atoms with Crippen molar-refractivity contribution < 1.29 is 14.5 Å². The highest BCUT2D eigenvalue weighted by molar-refractivity contribution is 5.94. The van der Waals surface area contributed by atoms with Crippen LogP contribution in [0.2, 0.25) is 0 Å². The molecule has 0 bridgehead atoms. The number of methoxy groups -OCH3 is 1. The lowest BCUT2D eigenvalue weighted by atomic mass is 9.83. The number of non-ortho nitro benzene ring substituents is 1. The number of nitro benzene ring substituents is 1. The summed E-state index contributed by atoms with van der Waals surface area (Å²) in [7, 11) is 1.57. The third-order valence-electron chi connectivity index (χ3n) is 6.95. The molecular weight excluding hydrogens is 458 g/mol. The van der Waals surface area contributed by atoms with Gasteiger partial charge in [0.1, 0.15) is 11.8 Å². The van der Waals surface area contributed by atoms with Crippen LogP contribution in [-0.2, 0) is 11.2 Å². The highest BCUT2D eigenvalue weighted by atomic mass is 16.6. The first-order chi connectivity index (χ1) is 17.5. The van der Waals surface area contributed by atoms with Gasteiger partial charge in [-0.3, -0.25) is 14.9 Å². The summed E-state index contributed by atoms with van der Waals surface area (Å²) in [5.74, 6) is 0.0181. The van der Waals surface area contributed by atoms with Gasteiger partial charge in [-0.25, -0.2) is 0 Å². The molecule has 1 N–H and O–H groups in total. The van der Waals surface area contributed by atoms with Crippen LogP contribution in [0.4, 0.5) is 22.7 Å². The Labute approximate surface area is 208 Å². The summed E-state index contributed by atoms with van der Waals surface area (Å²) in [6.07, 6.45) is 0.377. The summed E-state index contributed by atoms with van der Waals surface area (Å²) < 4.78 is 5.28. The molecule has 0 aliphatic carbocycles. The van der Waals surface area contributed by atoms with Gasteiger partial charge in [-0.15, -0.1) is 0 Å². The molecule has 36 heavy (non-hydrogen) atoms. The lowest BCUT2D eigenvalue weighted by Crippen LogP contribution is -2.60. The molecule has 0 radical (unpaired) electrons. The van der Waals surface area contributed by atoms with Gasteiger partial charge in [0.15, 0.2) is 0 Å². The fourth-order valence-corrected chi connectivity index (χ4v) is 5.22. The number of piperazine rings is 1. The maximum atomic E-state index is 13.6. The molecule has 2 unspecified atom stereocenters. The number of fused-ring (bicyclic) bond motifs is 3.